The highest BCUT2D eigenvalue weighted by Gasteiger charge is 1.70. The van der Waals surface area contributed by atoms with Crippen LogP contribution >= 0.6 is 0 Å². The first kappa shape index (κ1) is 22.9. The number of alkyl halides is 5. The Hall–Kier alpha value is -0.390. The molecule has 0 aliphatic heterocycles. The zero-order valence-electron chi connectivity index (χ0n) is 8.13. The maximum Gasteiger partial charge on any atom is 0.191 e. The minimum Gasteiger partial charge on any atom is -0.319 e. The Morgan fingerprint density at radius 2 is 0.923 bits per heavy atom. The van der Waals surface area contributed by atoms with Gasteiger partial charge in [-0.3, -0.25) is 13.2 Å². The summed E-state index contributed by atoms with van der Waals surface area (Å²) < 4.78 is 54.6. The quantitative estimate of drug-likeness (QED) is 0.637. The van der Waals surface area contributed by atoms with E-state index in [2.05, 4.69) is 4.74 Å². The maximum atomic E-state index is 10.5. The summed E-state index contributed by atoms with van der Waals surface area (Å²) >= 11 is 0. The predicted octanol–water partition coefficient (Wildman–Crippen LogP) is 3.39. The Bertz CT molecular complexity index is 36.1. The molecule has 0 aromatic rings. The van der Waals surface area contributed by atoms with Crippen LogP contribution in [0.2, 0.25) is 0 Å². The van der Waals surface area contributed by atoms with Crippen LogP contribution in [-0.2, 0) is 4.74 Å². The van der Waals surface area contributed by atoms with Crippen molar-refractivity contribution in [3.63, 3.8) is 0 Å². The Balaban J connectivity index is -0.0000000446. The van der Waals surface area contributed by atoms with Crippen LogP contribution in [0.5, 0.6) is 0 Å². The molecule has 0 unspecified atom stereocenters. The van der Waals surface area contributed by atoms with Crippen molar-refractivity contribution in [1.29, 1.82) is 0 Å². The Morgan fingerprint density at radius 3 is 0.923 bits per heavy atom. The van der Waals surface area contributed by atoms with Crippen LogP contribution < -0.4 is 0 Å². The molecule has 0 rings (SSSR count). The molecule has 0 fully saturated rings. The van der Waals surface area contributed by atoms with E-state index < -0.39 is 13.7 Å². The molecular formula is C7H17F5O. The Morgan fingerprint density at radius 1 is 0.769 bits per heavy atom. The molecule has 1 nitrogen and oxygen atoms in total. The van der Waals surface area contributed by atoms with Gasteiger partial charge in [-0.1, -0.05) is 0 Å². The number of hydrogen-bond acceptors (Lipinski definition) is 1. The van der Waals surface area contributed by atoms with E-state index in [1.54, 1.807) is 0 Å². The lowest BCUT2D eigenvalue weighted by atomic mass is 10.9. The molecule has 0 amide bonds. The van der Waals surface area contributed by atoms with E-state index in [0.29, 0.717) is 7.18 Å². The summed E-state index contributed by atoms with van der Waals surface area (Å²) in [6, 6.07) is 0. The number of ether oxygens (including phenoxy) is 1. The van der Waals surface area contributed by atoms with Gasteiger partial charge in [0.25, 0.3) is 0 Å². The topological polar surface area (TPSA) is 9.23 Å². The van der Waals surface area contributed by atoms with Crippen LogP contribution in [0.1, 0.15) is 13.8 Å². The van der Waals surface area contributed by atoms with E-state index in [4.69, 9.17) is 0 Å². The summed E-state index contributed by atoms with van der Waals surface area (Å²) in [5.74, 6) is 0. The third-order valence-corrected chi connectivity index (χ3v) is 0.154. The highest BCUT2D eigenvalue weighted by Crippen LogP contribution is 1.71. The van der Waals surface area contributed by atoms with Gasteiger partial charge in [0.2, 0.25) is 0 Å². The Kier molecular flexibility index (Phi) is 108. The monoisotopic (exact) mass is 212 g/mol. The molecule has 0 aromatic carbocycles. The van der Waals surface area contributed by atoms with Crippen molar-refractivity contribution in [1.82, 2.24) is 0 Å². The van der Waals surface area contributed by atoms with Crippen LogP contribution in [-0.4, -0.2) is 34.2 Å². The van der Waals surface area contributed by atoms with Crippen molar-refractivity contribution in [2.75, 3.05) is 34.2 Å². The lowest BCUT2D eigenvalue weighted by Crippen LogP contribution is -1.80. The molecule has 86 valence electrons. The van der Waals surface area contributed by atoms with E-state index in [1.807, 2.05) is 0 Å². The van der Waals surface area contributed by atoms with Gasteiger partial charge in [0.05, 0.1) is 20.5 Å². The summed E-state index contributed by atoms with van der Waals surface area (Å²) in [5.41, 5.74) is 0. The molecule has 0 spiro atoms. The molecule has 13 heavy (non-hydrogen) atoms. The fraction of sp³-hybridized carbons (Fsp3) is 1.00. The molecule has 0 aromatic heterocycles. The van der Waals surface area contributed by atoms with Gasteiger partial charge in [-0.2, -0.15) is 0 Å². The maximum absolute atomic E-state index is 10.5. The van der Waals surface area contributed by atoms with Gasteiger partial charge < -0.3 is 4.74 Å². The SMILES string of the molecule is CCF.CCF.CF.FCOCF. The highest BCUT2D eigenvalue weighted by molar-refractivity contribution is 3.86. The number of rotatable bonds is 2. The minimum absolute atomic E-state index is 0.250. The van der Waals surface area contributed by atoms with Crippen LogP contribution in [0.4, 0.5) is 22.0 Å². The summed E-state index contributed by atoms with van der Waals surface area (Å²) in [4.78, 5) is 0. The molecule has 0 atom stereocenters. The van der Waals surface area contributed by atoms with Gasteiger partial charge in [0.15, 0.2) is 13.7 Å². The average molecular weight is 212 g/mol. The van der Waals surface area contributed by atoms with E-state index in [1.165, 1.54) is 13.8 Å². The van der Waals surface area contributed by atoms with Gasteiger partial charge in [-0.15, -0.1) is 0 Å². The molecule has 0 aliphatic rings. The van der Waals surface area contributed by atoms with Crippen molar-refractivity contribution in [3.8, 4) is 0 Å². The fourth-order valence-electron chi connectivity index (χ4n) is 0.0292. The predicted molar refractivity (Wildman–Crippen MR) is 43.4 cm³/mol. The molecule has 0 saturated carbocycles. The molecule has 0 N–H and O–H groups in total. The van der Waals surface area contributed by atoms with Crippen molar-refractivity contribution < 1.29 is 26.7 Å². The summed E-state index contributed by atoms with van der Waals surface area (Å²) in [7, 11) is 0.500. The van der Waals surface area contributed by atoms with E-state index >= 15 is 0 Å². The smallest absolute Gasteiger partial charge is 0.191 e. The van der Waals surface area contributed by atoms with Gasteiger partial charge >= 0.3 is 0 Å². The van der Waals surface area contributed by atoms with Crippen LogP contribution in [0.3, 0.4) is 0 Å². The van der Waals surface area contributed by atoms with E-state index in [-0.39, 0.29) is 13.3 Å². The standard InChI is InChI=1S/C2H4F2O.2C2H5F.CH3F/c3-1-5-2-4;2*1-2-3;1-2/h1-2H2;2*2H2,1H3;1H3. The zero-order chi connectivity index (χ0) is 11.5. The van der Waals surface area contributed by atoms with Gasteiger partial charge in [0.1, 0.15) is 0 Å². The molecular weight excluding hydrogens is 195 g/mol. The lowest BCUT2D eigenvalue weighted by molar-refractivity contribution is 0.00298. The van der Waals surface area contributed by atoms with Crippen molar-refractivity contribution in [3.05, 3.63) is 0 Å². The minimum atomic E-state index is -1.03. The van der Waals surface area contributed by atoms with Crippen molar-refractivity contribution >= 4 is 0 Å². The van der Waals surface area contributed by atoms with Crippen LogP contribution in [0, 0.1) is 0 Å². The van der Waals surface area contributed by atoms with Crippen molar-refractivity contribution in [2.45, 2.75) is 13.8 Å². The van der Waals surface area contributed by atoms with Crippen LogP contribution in [0.15, 0.2) is 0 Å². The summed E-state index contributed by atoms with van der Waals surface area (Å²) in [6.07, 6.45) is 0. The van der Waals surface area contributed by atoms with Crippen LogP contribution in [0.25, 0.3) is 0 Å². The Labute approximate surface area is 75.9 Å². The second kappa shape index (κ2) is 61.5. The average Bonchev–Trinajstić information content (AvgIpc) is 2.12. The largest absolute Gasteiger partial charge is 0.319 e. The molecule has 0 bridgehead atoms. The molecule has 6 heteroatoms. The van der Waals surface area contributed by atoms with Gasteiger partial charge in [0, 0.05) is 0 Å². The summed E-state index contributed by atoms with van der Waals surface area (Å²) in [6.45, 7) is 0.354. The van der Waals surface area contributed by atoms with E-state index in [0.717, 1.165) is 0 Å². The zero-order valence-corrected chi connectivity index (χ0v) is 8.13. The molecule has 0 heterocycles. The normalized spacial score (nSPS) is 6.46. The lowest BCUT2D eigenvalue weighted by Gasteiger charge is -1.80. The first-order valence-electron chi connectivity index (χ1n) is 3.44. The van der Waals surface area contributed by atoms with Crippen molar-refractivity contribution in [2.24, 2.45) is 0 Å². The molecule has 0 aliphatic carbocycles. The third-order valence-electron chi connectivity index (χ3n) is 0.154. The second-order valence-electron chi connectivity index (χ2n) is 0.957. The molecule has 0 saturated heterocycles. The number of hydrogen-bond donors (Lipinski definition) is 0. The summed E-state index contributed by atoms with van der Waals surface area (Å²) in [5, 5.41) is 0. The highest BCUT2D eigenvalue weighted by atomic mass is 19.2. The number of halogens is 5. The first-order chi connectivity index (χ1) is 6.24. The second-order valence-corrected chi connectivity index (χ2v) is 0.957. The van der Waals surface area contributed by atoms with Gasteiger partial charge in [-0.25, -0.2) is 8.78 Å². The van der Waals surface area contributed by atoms with E-state index in [9.17, 15) is 22.0 Å². The fourth-order valence-corrected chi connectivity index (χ4v) is 0.0292. The third kappa shape index (κ3) is 414. The molecule has 0 radical (unpaired) electrons. The van der Waals surface area contributed by atoms with Gasteiger partial charge in [-0.05, 0) is 13.8 Å². The first-order valence-corrected chi connectivity index (χ1v) is 3.44.